The van der Waals surface area contributed by atoms with Crippen molar-refractivity contribution in [2.24, 2.45) is 11.8 Å². The van der Waals surface area contributed by atoms with Crippen molar-refractivity contribution < 1.29 is 0 Å². The summed E-state index contributed by atoms with van der Waals surface area (Å²) in [6.07, 6.45) is 14.2. The van der Waals surface area contributed by atoms with Crippen LogP contribution in [-0.2, 0) is 0 Å². The third-order valence-electron chi connectivity index (χ3n) is 2.09. The van der Waals surface area contributed by atoms with Crippen molar-refractivity contribution in [2.75, 3.05) is 0 Å². The largest absolute Gasteiger partial charge is 0.0839 e. The number of rotatable bonds is 1. The monoisotopic (exact) mass is 148 g/mol. The molecule has 0 amide bonds. The van der Waals surface area contributed by atoms with Gasteiger partial charge in [0.1, 0.15) is 0 Å². The Bertz CT molecular complexity index is 182. The SMILES string of the molecule is CC(C)C1\C=C/C=C\C=C/C1. The first-order chi connectivity index (χ1) is 5.30. The Hall–Kier alpha value is -0.780. The van der Waals surface area contributed by atoms with Gasteiger partial charge in [0.05, 0.1) is 0 Å². The Labute approximate surface area is 69.3 Å². The summed E-state index contributed by atoms with van der Waals surface area (Å²) in [4.78, 5) is 0. The molecule has 0 aliphatic heterocycles. The zero-order valence-corrected chi connectivity index (χ0v) is 7.33. The van der Waals surface area contributed by atoms with Crippen LogP contribution in [0.2, 0.25) is 0 Å². The van der Waals surface area contributed by atoms with Crippen molar-refractivity contribution in [3.8, 4) is 0 Å². The molecule has 0 aromatic rings. The molecule has 0 aromatic heterocycles. The fourth-order valence-corrected chi connectivity index (χ4v) is 1.22. The van der Waals surface area contributed by atoms with Gasteiger partial charge >= 0.3 is 0 Å². The van der Waals surface area contributed by atoms with Crippen molar-refractivity contribution in [1.29, 1.82) is 0 Å². The van der Waals surface area contributed by atoms with Gasteiger partial charge in [-0.15, -0.1) is 0 Å². The summed E-state index contributed by atoms with van der Waals surface area (Å²) in [6.45, 7) is 4.54. The third-order valence-corrected chi connectivity index (χ3v) is 2.09. The predicted molar refractivity (Wildman–Crippen MR) is 50.4 cm³/mol. The first-order valence-corrected chi connectivity index (χ1v) is 4.30. The van der Waals surface area contributed by atoms with Crippen LogP contribution in [0.4, 0.5) is 0 Å². The second-order valence-corrected chi connectivity index (χ2v) is 3.34. The molecule has 1 rings (SSSR count). The van der Waals surface area contributed by atoms with Gasteiger partial charge in [0.2, 0.25) is 0 Å². The average molecular weight is 148 g/mol. The van der Waals surface area contributed by atoms with E-state index in [9.17, 15) is 0 Å². The van der Waals surface area contributed by atoms with Gasteiger partial charge in [-0.1, -0.05) is 50.3 Å². The summed E-state index contributed by atoms with van der Waals surface area (Å²) in [5, 5.41) is 0. The fourth-order valence-electron chi connectivity index (χ4n) is 1.22. The molecule has 0 spiro atoms. The van der Waals surface area contributed by atoms with Crippen LogP contribution in [-0.4, -0.2) is 0 Å². The molecule has 0 saturated heterocycles. The van der Waals surface area contributed by atoms with E-state index in [1.54, 1.807) is 0 Å². The summed E-state index contributed by atoms with van der Waals surface area (Å²) in [7, 11) is 0. The number of hydrogen-bond acceptors (Lipinski definition) is 0. The molecule has 11 heavy (non-hydrogen) atoms. The van der Waals surface area contributed by atoms with Gasteiger partial charge in [0.25, 0.3) is 0 Å². The molecule has 0 saturated carbocycles. The van der Waals surface area contributed by atoms with E-state index in [1.165, 1.54) is 6.42 Å². The molecule has 60 valence electrons. The first kappa shape index (κ1) is 8.32. The van der Waals surface area contributed by atoms with Crippen molar-refractivity contribution in [3.63, 3.8) is 0 Å². The zero-order chi connectivity index (χ0) is 8.10. The molecule has 1 aliphatic rings. The lowest BCUT2D eigenvalue weighted by Gasteiger charge is -2.14. The summed E-state index contributed by atoms with van der Waals surface area (Å²) in [6, 6.07) is 0. The van der Waals surface area contributed by atoms with Gasteiger partial charge in [-0.25, -0.2) is 0 Å². The number of allylic oxidation sites excluding steroid dienone is 6. The molecule has 0 N–H and O–H groups in total. The summed E-state index contributed by atoms with van der Waals surface area (Å²) >= 11 is 0. The Morgan fingerprint density at radius 3 is 2.55 bits per heavy atom. The molecule has 0 bridgehead atoms. The van der Waals surface area contributed by atoms with Crippen molar-refractivity contribution in [3.05, 3.63) is 36.5 Å². The Balaban J connectivity index is 2.61. The van der Waals surface area contributed by atoms with Crippen LogP contribution in [0.3, 0.4) is 0 Å². The average Bonchev–Trinajstić information content (AvgIpc) is 1.84. The second kappa shape index (κ2) is 4.17. The van der Waals surface area contributed by atoms with E-state index >= 15 is 0 Å². The highest BCUT2D eigenvalue weighted by Gasteiger charge is 2.06. The lowest BCUT2D eigenvalue weighted by atomic mass is 9.91. The molecule has 0 fully saturated rings. The molecule has 0 nitrogen and oxygen atoms in total. The topological polar surface area (TPSA) is 0 Å². The minimum absolute atomic E-state index is 0.719. The summed E-state index contributed by atoms with van der Waals surface area (Å²) < 4.78 is 0. The van der Waals surface area contributed by atoms with E-state index < -0.39 is 0 Å². The first-order valence-electron chi connectivity index (χ1n) is 4.30. The number of hydrogen-bond donors (Lipinski definition) is 0. The van der Waals surface area contributed by atoms with E-state index in [2.05, 4.69) is 50.3 Å². The van der Waals surface area contributed by atoms with E-state index in [4.69, 9.17) is 0 Å². The van der Waals surface area contributed by atoms with E-state index in [0.29, 0.717) is 0 Å². The standard InChI is InChI=1S/C11H16/c1-10(2)11-8-6-4-3-5-7-9-11/h3-8,10-11H,9H2,1-2H3/b4-3-,7-5-,8-6-. The van der Waals surface area contributed by atoms with E-state index in [0.717, 1.165) is 11.8 Å². The lowest BCUT2D eigenvalue weighted by molar-refractivity contribution is 0.470. The normalized spacial score (nSPS) is 32.5. The molecular weight excluding hydrogens is 132 g/mol. The van der Waals surface area contributed by atoms with E-state index in [1.807, 2.05) is 0 Å². The highest BCUT2D eigenvalue weighted by atomic mass is 14.1. The van der Waals surface area contributed by atoms with Gasteiger partial charge < -0.3 is 0 Å². The van der Waals surface area contributed by atoms with Gasteiger partial charge in [0, 0.05) is 0 Å². The quantitative estimate of drug-likeness (QED) is 0.535. The van der Waals surface area contributed by atoms with Crippen LogP contribution >= 0.6 is 0 Å². The minimum Gasteiger partial charge on any atom is -0.0839 e. The summed E-state index contributed by atoms with van der Waals surface area (Å²) in [5.41, 5.74) is 0. The molecular formula is C11H16. The molecule has 0 aromatic carbocycles. The van der Waals surface area contributed by atoms with Crippen LogP contribution in [0, 0.1) is 11.8 Å². The maximum absolute atomic E-state index is 2.30. The molecule has 0 heteroatoms. The highest BCUT2D eigenvalue weighted by molar-refractivity contribution is 5.15. The van der Waals surface area contributed by atoms with Gasteiger partial charge in [-0.2, -0.15) is 0 Å². The maximum Gasteiger partial charge on any atom is -0.0173 e. The molecule has 1 atom stereocenters. The molecule has 1 aliphatic carbocycles. The maximum atomic E-state index is 2.30. The smallest absolute Gasteiger partial charge is 0.0173 e. The zero-order valence-electron chi connectivity index (χ0n) is 7.33. The Morgan fingerprint density at radius 1 is 1.09 bits per heavy atom. The molecule has 0 radical (unpaired) electrons. The second-order valence-electron chi connectivity index (χ2n) is 3.34. The Kier molecular flexibility index (Phi) is 3.15. The minimum atomic E-state index is 0.719. The van der Waals surface area contributed by atoms with Crippen LogP contribution in [0.25, 0.3) is 0 Å². The van der Waals surface area contributed by atoms with Crippen molar-refractivity contribution in [1.82, 2.24) is 0 Å². The highest BCUT2D eigenvalue weighted by Crippen LogP contribution is 2.18. The van der Waals surface area contributed by atoms with Crippen molar-refractivity contribution >= 4 is 0 Å². The molecule has 0 heterocycles. The van der Waals surface area contributed by atoms with Gasteiger partial charge in [-0.3, -0.25) is 0 Å². The van der Waals surface area contributed by atoms with Gasteiger partial charge in [0.15, 0.2) is 0 Å². The third kappa shape index (κ3) is 2.75. The van der Waals surface area contributed by atoms with Crippen LogP contribution in [0.15, 0.2) is 36.5 Å². The van der Waals surface area contributed by atoms with E-state index in [-0.39, 0.29) is 0 Å². The van der Waals surface area contributed by atoms with Crippen LogP contribution in [0.1, 0.15) is 20.3 Å². The Morgan fingerprint density at radius 2 is 1.82 bits per heavy atom. The molecule has 1 unspecified atom stereocenters. The summed E-state index contributed by atoms with van der Waals surface area (Å²) in [5.74, 6) is 1.47. The lowest BCUT2D eigenvalue weighted by Crippen LogP contribution is -2.04. The van der Waals surface area contributed by atoms with Gasteiger partial charge in [-0.05, 0) is 18.3 Å². The fraction of sp³-hybridized carbons (Fsp3) is 0.455. The van der Waals surface area contributed by atoms with Crippen molar-refractivity contribution in [2.45, 2.75) is 20.3 Å². The van der Waals surface area contributed by atoms with Crippen LogP contribution in [0.5, 0.6) is 0 Å². The van der Waals surface area contributed by atoms with Crippen LogP contribution < -0.4 is 0 Å². The predicted octanol–water partition coefficient (Wildman–Crippen LogP) is 3.33.